The van der Waals surface area contributed by atoms with Gasteiger partial charge in [0.25, 0.3) is 5.91 Å². The molecule has 2 rings (SSSR count). The van der Waals surface area contributed by atoms with Crippen molar-refractivity contribution in [1.82, 2.24) is 4.98 Å². The van der Waals surface area contributed by atoms with Gasteiger partial charge in [0.05, 0.1) is 6.61 Å². The van der Waals surface area contributed by atoms with E-state index >= 15 is 0 Å². The highest BCUT2D eigenvalue weighted by Gasteiger charge is 2.23. The molecule has 1 aromatic heterocycles. The van der Waals surface area contributed by atoms with Gasteiger partial charge in [-0.25, -0.2) is 4.79 Å². The molecule has 2 aromatic rings. The van der Waals surface area contributed by atoms with Crippen molar-refractivity contribution < 1.29 is 14.3 Å². The van der Waals surface area contributed by atoms with Crippen LogP contribution in [0.5, 0.6) is 0 Å². The van der Waals surface area contributed by atoms with Crippen LogP contribution in [0, 0.1) is 0 Å². The lowest BCUT2D eigenvalue weighted by molar-refractivity contribution is -0.146. The molecule has 1 unspecified atom stereocenters. The van der Waals surface area contributed by atoms with Gasteiger partial charge in [0.1, 0.15) is 0 Å². The van der Waals surface area contributed by atoms with Gasteiger partial charge in [-0.3, -0.25) is 9.78 Å². The quantitative estimate of drug-likeness (QED) is 0.641. The minimum Gasteiger partial charge on any atom is -0.464 e. The molecule has 0 saturated heterocycles. The molecule has 0 spiro atoms. The molecule has 20 heavy (non-hydrogen) atoms. The molecule has 6 heteroatoms. The molecule has 0 saturated carbocycles. The summed E-state index contributed by atoms with van der Waals surface area (Å²) in [5.74, 6) is -1.35. The maximum absolute atomic E-state index is 11.9. The predicted molar refractivity (Wildman–Crippen MR) is 75.0 cm³/mol. The minimum absolute atomic E-state index is 0.180. The van der Waals surface area contributed by atoms with Gasteiger partial charge >= 0.3 is 5.97 Å². The molecule has 1 amide bonds. The van der Waals surface area contributed by atoms with Crippen molar-refractivity contribution in [2.45, 2.75) is 13.0 Å². The summed E-state index contributed by atoms with van der Waals surface area (Å²) in [4.78, 5) is 27.3. The van der Waals surface area contributed by atoms with E-state index in [-0.39, 0.29) is 6.61 Å². The van der Waals surface area contributed by atoms with Gasteiger partial charge in [-0.1, -0.05) is 12.1 Å². The van der Waals surface area contributed by atoms with Crippen LogP contribution in [0.25, 0.3) is 10.8 Å². The molecule has 3 N–H and O–H groups in total. The average molecular weight is 273 g/mol. The van der Waals surface area contributed by atoms with Crippen LogP contribution in [0.4, 0.5) is 5.69 Å². The Morgan fingerprint density at radius 1 is 1.40 bits per heavy atom. The van der Waals surface area contributed by atoms with Crippen molar-refractivity contribution in [1.29, 1.82) is 0 Å². The lowest BCUT2D eigenvalue weighted by Crippen LogP contribution is -2.43. The first-order valence-electron chi connectivity index (χ1n) is 6.19. The average Bonchev–Trinajstić information content (AvgIpc) is 2.47. The fraction of sp³-hybridized carbons (Fsp3) is 0.214. The van der Waals surface area contributed by atoms with Crippen LogP contribution in [-0.2, 0) is 14.3 Å². The first kappa shape index (κ1) is 14.0. The Bertz CT molecular complexity index is 637. The van der Waals surface area contributed by atoms with Crippen LogP contribution in [-0.4, -0.2) is 29.5 Å². The number of nitrogens with one attached hydrogen (secondary N) is 1. The maximum atomic E-state index is 11.9. The van der Waals surface area contributed by atoms with Crippen LogP contribution in [0.1, 0.15) is 6.92 Å². The SMILES string of the molecule is CCOC(=O)C(N)C(=O)Nc1cccc2cnccc12. The molecule has 0 bridgehead atoms. The Kier molecular flexibility index (Phi) is 4.27. The molecule has 0 fully saturated rings. The number of amides is 1. The van der Waals surface area contributed by atoms with E-state index in [0.717, 1.165) is 10.8 Å². The molecule has 0 aliphatic carbocycles. The third kappa shape index (κ3) is 2.92. The number of carbonyl (C=O) groups excluding carboxylic acids is 2. The minimum atomic E-state index is -1.34. The molecule has 0 aliphatic heterocycles. The second-order valence-electron chi connectivity index (χ2n) is 4.12. The molecule has 0 radical (unpaired) electrons. The molecule has 1 heterocycles. The summed E-state index contributed by atoms with van der Waals surface area (Å²) in [6.45, 7) is 1.83. The number of fused-ring (bicyclic) bond motifs is 1. The van der Waals surface area contributed by atoms with Gasteiger partial charge in [-0.15, -0.1) is 0 Å². The van der Waals surface area contributed by atoms with E-state index in [4.69, 9.17) is 10.5 Å². The van der Waals surface area contributed by atoms with Crippen LogP contribution < -0.4 is 11.1 Å². The number of benzene rings is 1. The standard InChI is InChI=1S/C14H15N3O3/c1-2-20-14(19)12(15)13(18)17-11-5-3-4-9-8-16-7-6-10(9)11/h3-8,12H,2,15H2,1H3,(H,17,18). The summed E-state index contributed by atoms with van der Waals surface area (Å²) in [6, 6.07) is 5.84. The Hall–Kier alpha value is -2.47. The zero-order chi connectivity index (χ0) is 14.5. The largest absolute Gasteiger partial charge is 0.464 e. The number of aromatic nitrogens is 1. The third-order valence-corrected chi connectivity index (χ3v) is 2.76. The molecule has 6 nitrogen and oxygen atoms in total. The van der Waals surface area contributed by atoms with Crippen molar-refractivity contribution >= 4 is 28.3 Å². The number of rotatable bonds is 4. The van der Waals surface area contributed by atoms with E-state index in [0.29, 0.717) is 5.69 Å². The van der Waals surface area contributed by atoms with E-state index in [9.17, 15) is 9.59 Å². The third-order valence-electron chi connectivity index (χ3n) is 2.76. The maximum Gasteiger partial charge on any atom is 0.332 e. The molecular formula is C14H15N3O3. The van der Waals surface area contributed by atoms with Gasteiger partial charge in [0.2, 0.25) is 0 Å². The predicted octanol–water partition coefficient (Wildman–Crippen LogP) is 1.06. The molecule has 104 valence electrons. The molecule has 0 aliphatic rings. The summed E-state index contributed by atoms with van der Waals surface area (Å²) in [5, 5.41) is 4.34. The van der Waals surface area contributed by atoms with Gasteiger partial charge in [0.15, 0.2) is 6.04 Å². The van der Waals surface area contributed by atoms with E-state index in [1.54, 1.807) is 37.5 Å². The zero-order valence-corrected chi connectivity index (χ0v) is 11.0. The zero-order valence-electron chi connectivity index (χ0n) is 11.0. The van der Waals surface area contributed by atoms with Crippen LogP contribution in [0.15, 0.2) is 36.7 Å². The smallest absolute Gasteiger partial charge is 0.332 e. The fourth-order valence-electron chi connectivity index (χ4n) is 1.78. The lowest BCUT2D eigenvalue weighted by atomic mass is 10.1. The molecular weight excluding hydrogens is 258 g/mol. The Labute approximate surface area is 115 Å². The Morgan fingerprint density at radius 2 is 2.20 bits per heavy atom. The summed E-state index contributed by atoms with van der Waals surface area (Å²) in [7, 11) is 0. The number of esters is 1. The number of nitrogens with zero attached hydrogens (tertiary/aromatic N) is 1. The number of nitrogens with two attached hydrogens (primary N) is 1. The highest BCUT2D eigenvalue weighted by molar-refractivity contribution is 6.11. The van der Waals surface area contributed by atoms with Crippen molar-refractivity contribution in [3.05, 3.63) is 36.7 Å². The first-order chi connectivity index (χ1) is 9.63. The van der Waals surface area contributed by atoms with Crippen molar-refractivity contribution in [3.8, 4) is 0 Å². The second-order valence-corrected chi connectivity index (χ2v) is 4.12. The second kappa shape index (κ2) is 6.12. The van der Waals surface area contributed by atoms with Crippen molar-refractivity contribution in [3.63, 3.8) is 0 Å². The Morgan fingerprint density at radius 3 is 2.95 bits per heavy atom. The van der Waals surface area contributed by atoms with E-state index in [1.807, 2.05) is 6.07 Å². The molecule has 1 atom stereocenters. The Balaban J connectivity index is 2.20. The van der Waals surface area contributed by atoms with Gasteiger partial charge in [-0.05, 0) is 19.1 Å². The summed E-state index contributed by atoms with van der Waals surface area (Å²) in [5.41, 5.74) is 6.12. The van der Waals surface area contributed by atoms with Gasteiger partial charge in [-0.2, -0.15) is 0 Å². The summed E-state index contributed by atoms with van der Waals surface area (Å²) >= 11 is 0. The number of carbonyl (C=O) groups is 2. The topological polar surface area (TPSA) is 94.3 Å². The first-order valence-corrected chi connectivity index (χ1v) is 6.19. The van der Waals surface area contributed by atoms with Crippen molar-refractivity contribution in [2.24, 2.45) is 5.73 Å². The normalized spacial score (nSPS) is 11.9. The van der Waals surface area contributed by atoms with Gasteiger partial charge in [0, 0.05) is 28.9 Å². The highest BCUT2D eigenvalue weighted by atomic mass is 16.5. The van der Waals surface area contributed by atoms with Crippen LogP contribution >= 0.6 is 0 Å². The number of hydrogen-bond acceptors (Lipinski definition) is 5. The number of ether oxygens (including phenoxy) is 1. The number of hydrogen-bond donors (Lipinski definition) is 2. The summed E-state index contributed by atoms with van der Waals surface area (Å²) < 4.78 is 4.72. The summed E-state index contributed by atoms with van der Waals surface area (Å²) in [6.07, 6.45) is 3.32. The number of anilines is 1. The number of pyridine rings is 1. The van der Waals surface area contributed by atoms with Gasteiger partial charge < -0.3 is 15.8 Å². The van der Waals surface area contributed by atoms with E-state index in [1.165, 1.54) is 0 Å². The van der Waals surface area contributed by atoms with Crippen molar-refractivity contribution in [2.75, 3.05) is 11.9 Å². The molecule has 1 aromatic carbocycles. The monoisotopic (exact) mass is 273 g/mol. The fourth-order valence-corrected chi connectivity index (χ4v) is 1.78. The lowest BCUT2D eigenvalue weighted by Gasteiger charge is -2.12. The van der Waals surface area contributed by atoms with E-state index < -0.39 is 17.9 Å². The van der Waals surface area contributed by atoms with Crippen LogP contribution in [0.3, 0.4) is 0 Å². The highest BCUT2D eigenvalue weighted by Crippen LogP contribution is 2.22. The van der Waals surface area contributed by atoms with Crippen LogP contribution in [0.2, 0.25) is 0 Å². The van der Waals surface area contributed by atoms with E-state index in [2.05, 4.69) is 10.3 Å².